The van der Waals surface area contributed by atoms with Crippen LogP contribution in [0.15, 0.2) is 16.9 Å². The van der Waals surface area contributed by atoms with Crippen LogP contribution in [0.1, 0.15) is 44.2 Å². The molecule has 2 aromatic rings. The van der Waals surface area contributed by atoms with Crippen LogP contribution in [0.25, 0.3) is 11.0 Å². The van der Waals surface area contributed by atoms with Crippen molar-refractivity contribution in [1.29, 1.82) is 0 Å². The number of aromatic nitrogens is 2. The van der Waals surface area contributed by atoms with E-state index in [1.54, 1.807) is 13.1 Å². The highest BCUT2D eigenvalue weighted by Gasteiger charge is 2.32. The lowest BCUT2D eigenvalue weighted by atomic mass is 9.96. The number of carbonyl (C=O) groups excluding carboxylic acids is 2. The summed E-state index contributed by atoms with van der Waals surface area (Å²) in [6.07, 6.45) is 2.85. The van der Waals surface area contributed by atoms with E-state index in [0.717, 1.165) is 45.2 Å². The lowest BCUT2D eigenvalue weighted by Gasteiger charge is -2.42. The second-order valence-electron chi connectivity index (χ2n) is 10.4. The van der Waals surface area contributed by atoms with Crippen LogP contribution in [0.5, 0.6) is 0 Å². The predicted octanol–water partition coefficient (Wildman–Crippen LogP) is 0.963. The Morgan fingerprint density at radius 2 is 1.83 bits per heavy atom. The van der Waals surface area contributed by atoms with Gasteiger partial charge in [0.1, 0.15) is 11.9 Å². The minimum atomic E-state index is -0.817. The van der Waals surface area contributed by atoms with Gasteiger partial charge in [0, 0.05) is 63.9 Å². The fourth-order valence-electron chi connectivity index (χ4n) is 5.90. The number of benzene rings is 1. The molecule has 1 aromatic heterocycles. The van der Waals surface area contributed by atoms with Gasteiger partial charge in [-0.25, -0.2) is 9.18 Å². The number of hydrogen-bond donors (Lipinski definition) is 2. The SMILES string of the molecule is C[C@H]1CN(Cc2cc3c(cc2F)n(C2CCC(=O)NC2=O)c(=O)n3C)CCN1CC1CCNCC1. The number of hydrogen-bond acceptors (Lipinski definition) is 6. The Morgan fingerprint density at radius 1 is 1.06 bits per heavy atom. The van der Waals surface area contributed by atoms with Gasteiger partial charge in [0.2, 0.25) is 11.8 Å². The first-order chi connectivity index (χ1) is 16.8. The number of nitrogens with one attached hydrogen (secondary N) is 2. The second kappa shape index (κ2) is 9.83. The van der Waals surface area contributed by atoms with E-state index in [1.807, 2.05) is 0 Å². The number of imide groups is 1. The highest BCUT2D eigenvalue weighted by Crippen LogP contribution is 2.26. The van der Waals surface area contributed by atoms with Crippen LogP contribution in [-0.4, -0.2) is 76.1 Å². The Bertz CT molecular complexity index is 1180. The lowest BCUT2D eigenvalue weighted by molar-refractivity contribution is -0.135. The van der Waals surface area contributed by atoms with Gasteiger partial charge in [0.15, 0.2) is 0 Å². The van der Waals surface area contributed by atoms with Crippen molar-refractivity contribution in [2.24, 2.45) is 13.0 Å². The van der Waals surface area contributed by atoms with E-state index in [9.17, 15) is 14.4 Å². The summed E-state index contributed by atoms with van der Waals surface area (Å²) in [6.45, 7) is 8.79. The number of nitrogens with zero attached hydrogens (tertiary/aromatic N) is 4. The smallest absolute Gasteiger partial charge is 0.317 e. The molecule has 1 unspecified atom stereocenters. The number of imidazole rings is 1. The summed E-state index contributed by atoms with van der Waals surface area (Å²) in [6, 6.07) is 2.69. The van der Waals surface area contributed by atoms with Gasteiger partial charge in [-0.3, -0.25) is 33.8 Å². The minimum absolute atomic E-state index is 0.154. The summed E-state index contributed by atoms with van der Waals surface area (Å²) in [5, 5.41) is 5.72. The number of amides is 2. The van der Waals surface area contributed by atoms with Crippen molar-refractivity contribution >= 4 is 22.8 Å². The molecule has 35 heavy (non-hydrogen) atoms. The third kappa shape index (κ3) is 4.79. The zero-order valence-corrected chi connectivity index (χ0v) is 20.6. The van der Waals surface area contributed by atoms with E-state index < -0.39 is 11.9 Å². The molecule has 0 radical (unpaired) electrons. The second-order valence-corrected chi connectivity index (χ2v) is 10.4. The maximum Gasteiger partial charge on any atom is 0.329 e. The van der Waals surface area contributed by atoms with Gasteiger partial charge in [-0.05, 0) is 51.3 Å². The van der Waals surface area contributed by atoms with Crippen LogP contribution in [0, 0.1) is 11.7 Å². The van der Waals surface area contributed by atoms with Crippen LogP contribution >= 0.6 is 0 Å². The third-order valence-corrected chi connectivity index (χ3v) is 7.97. The molecular weight excluding hydrogens is 451 g/mol. The summed E-state index contributed by atoms with van der Waals surface area (Å²) < 4.78 is 18.1. The molecule has 0 saturated carbocycles. The molecule has 3 fully saturated rings. The van der Waals surface area contributed by atoms with Crippen LogP contribution in [-0.2, 0) is 23.2 Å². The number of halogens is 1. The number of fused-ring (bicyclic) bond motifs is 1. The maximum absolute atomic E-state index is 15.3. The molecule has 1 aromatic carbocycles. The molecule has 4 heterocycles. The maximum atomic E-state index is 15.3. The Labute approximate surface area is 204 Å². The molecule has 10 heteroatoms. The third-order valence-electron chi connectivity index (χ3n) is 7.97. The van der Waals surface area contributed by atoms with Gasteiger partial charge < -0.3 is 5.32 Å². The molecule has 2 atom stereocenters. The van der Waals surface area contributed by atoms with Gasteiger partial charge in [-0.1, -0.05) is 0 Å². The fraction of sp³-hybridized carbons (Fsp3) is 0.640. The molecule has 2 N–H and O–H groups in total. The predicted molar refractivity (Wildman–Crippen MR) is 130 cm³/mol. The fourth-order valence-corrected chi connectivity index (χ4v) is 5.90. The van der Waals surface area contributed by atoms with Crippen molar-refractivity contribution < 1.29 is 14.0 Å². The number of aryl methyl sites for hydroxylation is 1. The first-order valence-electron chi connectivity index (χ1n) is 12.7. The van der Waals surface area contributed by atoms with E-state index >= 15 is 4.39 Å². The van der Waals surface area contributed by atoms with Crippen molar-refractivity contribution in [1.82, 2.24) is 29.6 Å². The lowest BCUT2D eigenvalue weighted by Crippen LogP contribution is -2.53. The molecule has 0 bridgehead atoms. The number of rotatable bonds is 5. The molecule has 3 aliphatic heterocycles. The first-order valence-corrected chi connectivity index (χ1v) is 12.7. The average molecular weight is 487 g/mol. The van der Waals surface area contributed by atoms with E-state index in [0.29, 0.717) is 29.2 Å². The Balaban J connectivity index is 1.32. The van der Waals surface area contributed by atoms with Crippen molar-refractivity contribution in [2.75, 3.05) is 39.3 Å². The highest BCUT2D eigenvalue weighted by molar-refractivity contribution is 6.00. The zero-order chi connectivity index (χ0) is 24.7. The molecule has 0 aliphatic carbocycles. The number of carbonyl (C=O) groups is 2. The van der Waals surface area contributed by atoms with Crippen molar-refractivity contribution in [3.63, 3.8) is 0 Å². The molecule has 3 aliphatic rings. The van der Waals surface area contributed by atoms with Gasteiger partial charge >= 0.3 is 5.69 Å². The Hall–Kier alpha value is -2.56. The monoisotopic (exact) mass is 486 g/mol. The van der Waals surface area contributed by atoms with Gasteiger partial charge in [0.05, 0.1) is 11.0 Å². The van der Waals surface area contributed by atoms with Gasteiger partial charge in [-0.2, -0.15) is 0 Å². The van der Waals surface area contributed by atoms with Crippen molar-refractivity contribution in [3.05, 3.63) is 34.0 Å². The Morgan fingerprint density at radius 3 is 2.54 bits per heavy atom. The minimum Gasteiger partial charge on any atom is -0.317 e. The van der Waals surface area contributed by atoms with Crippen LogP contribution < -0.4 is 16.3 Å². The summed E-state index contributed by atoms with van der Waals surface area (Å²) in [4.78, 5) is 41.8. The summed E-state index contributed by atoms with van der Waals surface area (Å²) in [5.41, 5.74) is 1.14. The van der Waals surface area contributed by atoms with E-state index in [-0.39, 0.29) is 30.3 Å². The number of piperazine rings is 1. The molecular formula is C25H35FN6O3. The zero-order valence-electron chi connectivity index (χ0n) is 20.6. The van der Waals surface area contributed by atoms with E-state index in [4.69, 9.17) is 0 Å². The van der Waals surface area contributed by atoms with Crippen LogP contribution in [0.4, 0.5) is 4.39 Å². The normalized spacial score (nSPS) is 25.3. The van der Waals surface area contributed by atoms with Crippen molar-refractivity contribution in [3.8, 4) is 0 Å². The first kappa shape index (κ1) is 24.1. The van der Waals surface area contributed by atoms with Crippen LogP contribution in [0.2, 0.25) is 0 Å². The Kier molecular flexibility index (Phi) is 6.78. The average Bonchev–Trinajstić information content (AvgIpc) is 3.06. The molecule has 0 spiro atoms. The molecule has 9 nitrogen and oxygen atoms in total. The topological polar surface area (TPSA) is 91.6 Å². The molecule has 190 valence electrons. The summed E-state index contributed by atoms with van der Waals surface area (Å²) in [5.74, 6) is -0.497. The van der Waals surface area contributed by atoms with E-state index in [2.05, 4.69) is 27.4 Å². The number of piperidine rings is 2. The highest BCUT2D eigenvalue weighted by atomic mass is 19.1. The van der Waals surface area contributed by atoms with Gasteiger partial charge in [-0.15, -0.1) is 0 Å². The molecule has 3 saturated heterocycles. The summed E-state index contributed by atoms with van der Waals surface area (Å²) in [7, 11) is 1.64. The molecule has 2 amide bonds. The van der Waals surface area contributed by atoms with Crippen molar-refractivity contribution in [2.45, 2.75) is 51.2 Å². The van der Waals surface area contributed by atoms with Crippen LogP contribution in [0.3, 0.4) is 0 Å². The quantitative estimate of drug-likeness (QED) is 0.612. The molecule has 5 rings (SSSR count). The standard InChI is InChI=1S/C25H35FN6O3/c1-16-13-30(9-10-31(16)14-17-5-7-27-8-6-17)15-18-11-21-22(12-19(18)26)32(25(35)29(21)2)20-3-4-23(33)28-24(20)34/h11-12,16-17,20,27H,3-10,13-15H2,1-2H3,(H,28,33,34)/t16-,20?/m0/s1. The van der Waals surface area contributed by atoms with Gasteiger partial charge in [0.25, 0.3) is 0 Å². The van der Waals surface area contributed by atoms with E-state index in [1.165, 1.54) is 28.0 Å². The largest absolute Gasteiger partial charge is 0.329 e. The summed E-state index contributed by atoms with van der Waals surface area (Å²) >= 11 is 0.